The number of ether oxygens (including phenoxy) is 1. The number of hydrogen-bond acceptors (Lipinski definition) is 5. The summed E-state index contributed by atoms with van der Waals surface area (Å²) in [7, 11) is 0. The molecule has 3 rings (SSSR count). The Kier molecular flexibility index (Phi) is 6.78. The molecule has 0 fully saturated rings. The summed E-state index contributed by atoms with van der Waals surface area (Å²) in [5.74, 6) is 0.811. The molecule has 3 aromatic rings. The van der Waals surface area contributed by atoms with Crippen molar-refractivity contribution < 1.29 is 13.9 Å². The molecule has 0 saturated heterocycles. The topological polar surface area (TPSA) is 77.2 Å². The Balaban J connectivity index is 1.57. The van der Waals surface area contributed by atoms with Gasteiger partial charge in [-0.05, 0) is 37.1 Å². The summed E-state index contributed by atoms with van der Waals surface area (Å²) in [6.07, 6.45) is 3.78. The Morgan fingerprint density at radius 2 is 1.93 bits per heavy atom. The molecule has 0 saturated carbocycles. The molecule has 28 heavy (non-hydrogen) atoms. The molecule has 1 heterocycles. The van der Waals surface area contributed by atoms with Crippen LogP contribution in [0.2, 0.25) is 0 Å². The maximum Gasteiger partial charge on any atom is 0.322 e. The van der Waals surface area contributed by atoms with Crippen molar-refractivity contribution in [2.24, 2.45) is 0 Å². The molecular formula is C22H25N3O3. The maximum absolute atomic E-state index is 12.5. The Bertz CT molecular complexity index is 903. The van der Waals surface area contributed by atoms with Gasteiger partial charge in [0, 0.05) is 5.56 Å². The lowest BCUT2D eigenvalue weighted by Gasteiger charge is -2.07. The van der Waals surface area contributed by atoms with E-state index in [0.29, 0.717) is 30.2 Å². The molecule has 0 spiro atoms. The predicted molar refractivity (Wildman–Crippen MR) is 108 cm³/mol. The third-order valence-corrected chi connectivity index (χ3v) is 4.28. The van der Waals surface area contributed by atoms with Crippen LogP contribution in [0, 0.1) is 6.92 Å². The van der Waals surface area contributed by atoms with Gasteiger partial charge in [-0.1, -0.05) is 60.8 Å². The van der Waals surface area contributed by atoms with E-state index < -0.39 is 0 Å². The summed E-state index contributed by atoms with van der Waals surface area (Å²) < 4.78 is 11.2. The highest BCUT2D eigenvalue weighted by molar-refractivity contribution is 6.03. The summed E-state index contributed by atoms with van der Waals surface area (Å²) in [5.41, 5.74) is 2.74. The van der Waals surface area contributed by atoms with Gasteiger partial charge in [0.25, 0.3) is 5.91 Å². The van der Waals surface area contributed by atoms with Gasteiger partial charge < -0.3 is 9.15 Å². The fourth-order valence-electron chi connectivity index (χ4n) is 2.69. The van der Waals surface area contributed by atoms with Crippen molar-refractivity contribution in [2.45, 2.75) is 39.5 Å². The normalized spacial score (nSPS) is 10.6. The Hall–Kier alpha value is -3.15. The van der Waals surface area contributed by atoms with E-state index in [0.717, 1.165) is 24.8 Å². The number of aryl methyl sites for hydroxylation is 1. The average molecular weight is 379 g/mol. The minimum absolute atomic E-state index is 0.0846. The van der Waals surface area contributed by atoms with Crippen molar-refractivity contribution >= 4 is 11.9 Å². The Labute approximate surface area is 164 Å². The van der Waals surface area contributed by atoms with Crippen LogP contribution in [0.3, 0.4) is 0 Å². The molecule has 0 bridgehead atoms. The highest BCUT2D eigenvalue weighted by atomic mass is 16.5. The van der Waals surface area contributed by atoms with Crippen LogP contribution in [-0.4, -0.2) is 22.7 Å². The largest absolute Gasteiger partial charge is 0.494 e. The lowest BCUT2D eigenvalue weighted by Crippen LogP contribution is -2.12. The lowest BCUT2D eigenvalue weighted by atomic mass is 10.1. The number of nitrogens with zero attached hydrogens (tertiary/aromatic N) is 2. The van der Waals surface area contributed by atoms with Crippen molar-refractivity contribution in [3.05, 3.63) is 71.1 Å². The highest BCUT2D eigenvalue weighted by Gasteiger charge is 2.13. The zero-order valence-corrected chi connectivity index (χ0v) is 16.3. The van der Waals surface area contributed by atoms with Gasteiger partial charge in [-0.2, -0.15) is 0 Å². The first-order valence-electron chi connectivity index (χ1n) is 9.56. The summed E-state index contributed by atoms with van der Waals surface area (Å²) in [5, 5.41) is 10.6. The number of hydrogen-bond donors (Lipinski definition) is 1. The first-order valence-corrected chi connectivity index (χ1v) is 9.56. The first kappa shape index (κ1) is 19.6. The zero-order valence-electron chi connectivity index (χ0n) is 16.3. The molecule has 6 heteroatoms. The second-order valence-electron chi connectivity index (χ2n) is 6.70. The molecule has 1 N–H and O–H groups in total. The minimum atomic E-state index is -0.315. The number of carbonyl (C=O) groups excluding carboxylic acids is 1. The fraction of sp³-hybridized carbons (Fsp3) is 0.318. The van der Waals surface area contributed by atoms with Gasteiger partial charge >= 0.3 is 6.01 Å². The first-order chi connectivity index (χ1) is 13.6. The fourth-order valence-corrected chi connectivity index (χ4v) is 2.69. The molecule has 0 aliphatic rings. The van der Waals surface area contributed by atoms with Crippen LogP contribution in [0.25, 0.3) is 0 Å². The number of aromatic nitrogens is 2. The minimum Gasteiger partial charge on any atom is -0.494 e. The number of rotatable bonds is 9. The lowest BCUT2D eigenvalue weighted by molar-refractivity contribution is 0.102. The van der Waals surface area contributed by atoms with Gasteiger partial charge in [-0.25, -0.2) is 0 Å². The van der Waals surface area contributed by atoms with Crippen molar-refractivity contribution in [1.29, 1.82) is 0 Å². The van der Waals surface area contributed by atoms with E-state index >= 15 is 0 Å². The molecule has 0 aliphatic carbocycles. The van der Waals surface area contributed by atoms with Crippen molar-refractivity contribution in [2.75, 3.05) is 11.9 Å². The van der Waals surface area contributed by atoms with E-state index in [1.807, 2.05) is 37.3 Å². The van der Waals surface area contributed by atoms with E-state index in [1.165, 1.54) is 5.56 Å². The van der Waals surface area contributed by atoms with Crippen LogP contribution in [0.4, 0.5) is 6.01 Å². The molecule has 1 amide bonds. The molecular weight excluding hydrogens is 354 g/mol. The molecule has 0 aliphatic heterocycles. The van der Waals surface area contributed by atoms with Crippen LogP contribution in [0.1, 0.15) is 53.6 Å². The highest BCUT2D eigenvalue weighted by Crippen LogP contribution is 2.17. The second-order valence-corrected chi connectivity index (χ2v) is 6.70. The van der Waals surface area contributed by atoms with Gasteiger partial charge in [0.15, 0.2) is 0 Å². The number of nitrogens with one attached hydrogen (secondary N) is 1. The van der Waals surface area contributed by atoms with Crippen LogP contribution in [0.15, 0.2) is 52.9 Å². The summed E-state index contributed by atoms with van der Waals surface area (Å²) in [6.45, 7) is 4.83. The molecule has 0 radical (unpaired) electrons. The van der Waals surface area contributed by atoms with Gasteiger partial charge in [0.05, 0.1) is 13.0 Å². The van der Waals surface area contributed by atoms with Gasteiger partial charge in [0.1, 0.15) is 5.75 Å². The smallest absolute Gasteiger partial charge is 0.322 e. The van der Waals surface area contributed by atoms with E-state index in [4.69, 9.17) is 9.15 Å². The average Bonchev–Trinajstić information content (AvgIpc) is 3.14. The molecule has 0 atom stereocenters. The van der Waals surface area contributed by atoms with Gasteiger partial charge in [-0.15, -0.1) is 5.10 Å². The van der Waals surface area contributed by atoms with Crippen molar-refractivity contribution in [1.82, 2.24) is 10.2 Å². The summed E-state index contributed by atoms with van der Waals surface area (Å²) >= 11 is 0. The SMILES string of the molecule is CCCCCOc1cccc(C(=O)Nc2nnc(Cc3ccc(C)cc3)o2)c1. The van der Waals surface area contributed by atoms with Crippen LogP contribution < -0.4 is 10.1 Å². The summed E-state index contributed by atoms with van der Waals surface area (Å²) in [4.78, 5) is 12.5. The third-order valence-electron chi connectivity index (χ3n) is 4.28. The van der Waals surface area contributed by atoms with Crippen LogP contribution in [0.5, 0.6) is 5.75 Å². The third kappa shape index (κ3) is 5.67. The van der Waals surface area contributed by atoms with Gasteiger partial charge in [-0.3, -0.25) is 10.1 Å². The van der Waals surface area contributed by atoms with Crippen LogP contribution >= 0.6 is 0 Å². The number of amides is 1. The standard InChI is InChI=1S/C22H25N3O3/c1-3-4-5-13-27-19-8-6-7-18(15-19)21(26)23-22-25-24-20(28-22)14-17-11-9-16(2)10-12-17/h6-12,15H,3-5,13-14H2,1-2H3,(H,23,25,26). The molecule has 6 nitrogen and oxygen atoms in total. The number of unbranched alkanes of at least 4 members (excludes halogenated alkanes) is 2. The zero-order chi connectivity index (χ0) is 19.8. The Morgan fingerprint density at radius 1 is 1.11 bits per heavy atom. The van der Waals surface area contributed by atoms with E-state index in [-0.39, 0.29) is 11.9 Å². The molecule has 1 aromatic heterocycles. The van der Waals surface area contributed by atoms with E-state index in [9.17, 15) is 4.79 Å². The molecule has 146 valence electrons. The molecule has 0 unspecified atom stereocenters. The predicted octanol–water partition coefficient (Wildman–Crippen LogP) is 4.79. The number of benzene rings is 2. The van der Waals surface area contributed by atoms with Crippen LogP contribution in [-0.2, 0) is 6.42 Å². The van der Waals surface area contributed by atoms with E-state index in [1.54, 1.807) is 18.2 Å². The van der Waals surface area contributed by atoms with E-state index in [2.05, 4.69) is 22.4 Å². The monoisotopic (exact) mass is 379 g/mol. The number of anilines is 1. The van der Waals surface area contributed by atoms with Gasteiger partial charge in [0.2, 0.25) is 5.89 Å². The van der Waals surface area contributed by atoms with Crippen molar-refractivity contribution in [3.63, 3.8) is 0 Å². The second kappa shape index (κ2) is 9.69. The summed E-state index contributed by atoms with van der Waals surface area (Å²) in [6, 6.07) is 15.3. The Morgan fingerprint density at radius 3 is 2.71 bits per heavy atom. The number of carbonyl (C=O) groups is 1. The maximum atomic E-state index is 12.5. The molecule has 2 aromatic carbocycles. The van der Waals surface area contributed by atoms with Crippen molar-refractivity contribution in [3.8, 4) is 5.75 Å². The quantitative estimate of drug-likeness (QED) is 0.541.